The van der Waals surface area contributed by atoms with Crippen molar-refractivity contribution in [3.05, 3.63) is 35.9 Å². The fourth-order valence-corrected chi connectivity index (χ4v) is 2.73. The molecule has 5 heteroatoms. The van der Waals surface area contributed by atoms with E-state index < -0.39 is 0 Å². The molecular weight excluding hydrogens is 262 g/mol. The van der Waals surface area contributed by atoms with Crippen LogP contribution in [0.5, 0.6) is 0 Å². The van der Waals surface area contributed by atoms with Crippen LogP contribution in [0.4, 0.5) is 0 Å². The molecule has 1 saturated heterocycles. The summed E-state index contributed by atoms with van der Waals surface area (Å²) in [5, 5.41) is 15.6. The Morgan fingerprint density at radius 2 is 2.10 bits per heavy atom. The van der Waals surface area contributed by atoms with Gasteiger partial charge in [0, 0.05) is 19.1 Å². The number of rotatable bonds is 4. The van der Waals surface area contributed by atoms with Crippen molar-refractivity contribution in [3.63, 3.8) is 0 Å². The fraction of sp³-hybridized carbons (Fsp3) is 0.500. The van der Waals surface area contributed by atoms with Crippen LogP contribution in [-0.2, 0) is 6.54 Å². The van der Waals surface area contributed by atoms with Gasteiger partial charge in [0.1, 0.15) is 0 Å². The average molecular weight is 285 g/mol. The molecule has 1 aliphatic rings. The van der Waals surface area contributed by atoms with Crippen molar-refractivity contribution in [1.82, 2.24) is 15.5 Å². The fourth-order valence-electron chi connectivity index (χ4n) is 2.73. The number of piperidine rings is 1. The molecule has 5 nitrogen and oxygen atoms in total. The van der Waals surface area contributed by atoms with E-state index >= 15 is 0 Å². The summed E-state index contributed by atoms with van der Waals surface area (Å²) >= 11 is 0. The Labute approximate surface area is 126 Å². The number of nitriles is 1. The van der Waals surface area contributed by atoms with Crippen molar-refractivity contribution in [3.8, 4) is 6.19 Å². The number of nitrogens with one attached hydrogen (secondary N) is 2. The zero-order valence-electron chi connectivity index (χ0n) is 12.5. The van der Waals surface area contributed by atoms with Crippen molar-refractivity contribution in [2.24, 2.45) is 4.99 Å². The van der Waals surface area contributed by atoms with Crippen molar-refractivity contribution >= 4 is 5.96 Å². The summed E-state index contributed by atoms with van der Waals surface area (Å²) in [6.45, 7) is 5.70. The van der Waals surface area contributed by atoms with Gasteiger partial charge in [0.05, 0.1) is 0 Å². The molecule has 2 N–H and O–H groups in total. The normalized spacial score (nSPS) is 16.3. The lowest BCUT2D eigenvalue weighted by Gasteiger charge is -2.35. The number of aliphatic imine (C=N–C) groups is 1. The predicted molar refractivity (Wildman–Crippen MR) is 84.6 cm³/mol. The number of hydrogen-bond acceptors (Lipinski definition) is 3. The van der Waals surface area contributed by atoms with E-state index in [-0.39, 0.29) is 0 Å². The Kier molecular flexibility index (Phi) is 6.04. The third-order valence-corrected chi connectivity index (χ3v) is 3.81. The van der Waals surface area contributed by atoms with E-state index in [1.165, 1.54) is 5.56 Å². The van der Waals surface area contributed by atoms with E-state index in [1.54, 1.807) is 0 Å². The molecule has 1 heterocycles. The Balaban J connectivity index is 2.02. The molecule has 0 bridgehead atoms. The van der Waals surface area contributed by atoms with Crippen LogP contribution in [0.1, 0.15) is 25.3 Å². The van der Waals surface area contributed by atoms with Gasteiger partial charge in [-0.2, -0.15) is 5.26 Å². The van der Waals surface area contributed by atoms with Gasteiger partial charge in [-0.1, -0.05) is 30.3 Å². The molecule has 1 fully saturated rings. The summed E-state index contributed by atoms with van der Waals surface area (Å²) in [6.07, 6.45) is 4.10. The van der Waals surface area contributed by atoms with Crippen LogP contribution in [-0.4, -0.2) is 36.5 Å². The minimum Gasteiger partial charge on any atom is -0.351 e. The molecule has 0 aromatic heterocycles. The van der Waals surface area contributed by atoms with Gasteiger partial charge in [0.25, 0.3) is 0 Å². The lowest BCUT2D eigenvalue weighted by Crippen LogP contribution is -2.50. The summed E-state index contributed by atoms with van der Waals surface area (Å²) in [5.41, 5.74) is 1.18. The molecule has 1 aromatic carbocycles. The Morgan fingerprint density at radius 1 is 1.38 bits per heavy atom. The van der Waals surface area contributed by atoms with Crippen LogP contribution in [0.2, 0.25) is 0 Å². The number of nitrogens with zero attached hydrogens (tertiary/aromatic N) is 3. The molecule has 112 valence electrons. The average Bonchev–Trinajstić information content (AvgIpc) is 2.55. The van der Waals surface area contributed by atoms with Crippen molar-refractivity contribution < 1.29 is 0 Å². The first-order valence-electron chi connectivity index (χ1n) is 7.57. The van der Waals surface area contributed by atoms with E-state index in [4.69, 9.17) is 5.26 Å². The lowest BCUT2D eigenvalue weighted by molar-refractivity contribution is 0.254. The van der Waals surface area contributed by atoms with E-state index in [1.807, 2.05) is 24.4 Å². The van der Waals surface area contributed by atoms with Crippen molar-refractivity contribution in [2.75, 3.05) is 19.6 Å². The van der Waals surface area contributed by atoms with Gasteiger partial charge in [-0.25, -0.2) is 0 Å². The topological polar surface area (TPSA) is 63.5 Å². The standard InChI is InChI=1S/C16H23N5/c1-2-21(15-8-10-18-11-9-15)16(20-13-17)19-12-14-6-4-3-5-7-14/h3-7,15,18H,2,8-12H2,1H3,(H,19,20). The Bertz CT molecular complexity index is 485. The highest BCUT2D eigenvalue weighted by molar-refractivity contribution is 5.81. The quantitative estimate of drug-likeness (QED) is 0.502. The molecule has 0 aliphatic carbocycles. The molecule has 0 spiro atoms. The summed E-state index contributed by atoms with van der Waals surface area (Å²) in [6, 6.07) is 10.6. The monoisotopic (exact) mass is 285 g/mol. The summed E-state index contributed by atoms with van der Waals surface area (Å²) < 4.78 is 0. The molecule has 2 rings (SSSR count). The first-order valence-corrected chi connectivity index (χ1v) is 7.57. The minimum absolute atomic E-state index is 0.451. The second kappa shape index (κ2) is 8.28. The molecule has 0 saturated carbocycles. The van der Waals surface area contributed by atoms with Gasteiger partial charge in [-0.3, -0.25) is 0 Å². The summed E-state index contributed by atoms with van der Waals surface area (Å²) in [7, 11) is 0. The van der Waals surface area contributed by atoms with Gasteiger partial charge in [-0.05, 0) is 38.4 Å². The highest BCUT2D eigenvalue weighted by Gasteiger charge is 2.22. The highest BCUT2D eigenvalue weighted by atomic mass is 15.3. The maximum atomic E-state index is 8.96. The van der Waals surface area contributed by atoms with Crippen LogP contribution in [0.3, 0.4) is 0 Å². The molecule has 1 aromatic rings. The smallest absolute Gasteiger partial charge is 0.210 e. The van der Waals surface area contributed by atoms with E-state index in [0.717, 1.165) is 32.5 Å². The third-order valence-electron chi connectivity index (χ3n) is 3.81. The second-order valence-corrected chi connectivity index (χ2v) is 5.14. The minimum atomic E-state index is 0.451. The SMILES string of the molecule is CCN(/C(=N\C#N)NCc1ccccc1)C1CCNCC1. The number of guanidine groups is 1. The molecule has 1 aliphatic heterocycles. The molecule has 0 atom stereocenters. The van der Waals surface area contributed by atoms with Crippen LogP contribution >= 0.6 is 0 Å². The van der Waals surface area contributed by atoms with Crippen LogP contribution in [0.15, 0.2) is 35.3 Å². The third kappa shape index (κ3) is 4.47. The first-order chi connectivity index (χ1) is 10.3. The van der Waals surface area contributed by atoms with Gasteiger partial charge < -0.3 is 15.5 Å². The van der Waals surface area contributed by atoms with Crippen LogP contribution in [0, 0.1) is 11.5 Å². The van der Waals surface area contributed by atoms with E-state index in [2.05, 4.69) is 39.6 Å². The highest BCUT2D eigenvalue weighted by Crippen LogP contribution is 2.12. The van der Waals surface area contributed by atoms with Crippen molar-refractivity contribution in [1.29, 1.82) is 5.26 Å². The van der Waals surface area contributed by atoms with E-state index in [0.29, 0.717) is 18.5 Å². The number of benzene rings is 1. The molecule has 0 radical (unpaired) electrons. The molecular formula is C16H23N5. The zero-order valence-corrected chi connectivity index (χ0v) is 12.5. The predicted octanol–water partition coefficient (Wildman–Crippen LogP) is 1.69. The Morgan fingerprint density at radius 3 is 2.71 bits per heavy atom. The molecule has 0 unspecified atom stereocenters. The van der Waals surface area contributed by atoms with Gasteiger partial charge in [0.15, 0.2) is 0 Å². The molecule has 21 heavy (non-hydrogen) atoms. The summed E-state index contributed by atoms with van der Waals surface area (Å²) in [5.74, 6) is 0.691. The van der Waals surface area contributed by atoms with Crippen molar-refractivity contribution in [2.45, 2.75) is 32.4 Å². The maximum Gasteiger partial charge on any atom is 0.210 e. The largest absolute Gasteiger partial charge is 0.351 e. The van der Waals surface area contributed by atoms with Gasteiger partial charge >= 0.3 is 0 Å². The Hall–Kier alpha value is -2.06. The zero-order chi connectivity index (χ0) is 14.9. The van der Waals surface area contributed by atoms with Gasteiger partial charge in [0.2, 0.25) is 12.2 Å². The maximum absolute atomic E-state index is 8.96. The van der Waals surface area contributed by atoms with E-state index in [9.17, 15) is 0 Å². The van der Waals surface area contributed by atoms with Crippen LogP contribution < -0.4 is 10.6 Å². The summed E-state index contributed by atoms with van der Waals surface area (Å²) in [4.78, 5) is 6.22. The van der Waals surface area contributed by atoms with Crippen LogP contribution in [0.25, 0.3) is 0 Å². The number of hydrogen-bond donors (Lipinski definition) is 2. The van der Waals surface area contributed by atoms with Gasteiger partial charge in [-0.15, -0.1) is 4.99 Å². The first kappa shape index (κ1) is 15.3. The second-order valence-electron chi connectivity index (χ2n) is 5.14. The molecule has 0 amide bonds. The lowest BCUT2D eigenvalue weighted by atomic mass is 10.1.